The van der Waals surface area contributed by atoms with E-state index in [9.17, 15) is 4.79 Å². The van der Waals surface area contributed by atoms with Crippen LogP contribution in [0, 0.1) is 5.92 Å². The molecule has 0 aromatic heterocycles. The standard InChI is InChI=1S/C18H19ClN2O/c1-13(2)18(15-6-4-3-5-7-15)21-20-17(22)12-14-8-10-16(19)11-9-14/h3-11,13H,12H2,1-2H3,(H,20,22)/b21-18-. The Morgan fingerprint density at radius 1 is 1.09 bits per heavy atom. The van der Waals surface area contributed by atoms with Crippen molar-refractivity contribution in [3.05, 3.63) is 70.7 Å². The molecule has 0 saturated heterocycles. The Morgan fingerprint density at radius 3 is 2.32 bits per heavy atom. The first kappa shape index (κ1) is 16.2. The average Bonchev–Trinajstić information content (AvgIpc) is 2.50. The van der Waals surface area contributed by atoms with E-state index < -0.39 is 0 Å². The third-order valence-electron chi connectivity index (χ3n) is 3.20. The van der Waals surface area contributed by atoms with Crippen molar-refractivity contribution in [2.45, 2.75) is 20.3 Å². The summed E-state index contributed by atoms with van der Waals surface area (Å²) in [5, 5.41) is 4.96. The second kappa shape index (κ2) is 7.76. The van der Waals surface area contributed by atoms with Crippen LogP contribution in [-0.2, 0) is 11.2 Å². The van der Waals surface area contributed by atoms with E-state index >= 15 is 0 Å². The first-order chi connectivity index (χ1) is 10.6. The minimum absolute atomic E-state index is 0.142. The Labute approximate surface area is 136 Å². The molecule has 0 bridgehead atoms. The largest absolute Gasteiger partial charge is 0.273 e. The summed E-state index contributed by atoms with van der Waals surface area (Å²) in [5.41, 5.74) is 5.43. The molecular weight excluding hydrogens is 296 g/mol. The maximum absolute atomic E-state index is 12.0. The summed E-state index contributed by atoms with van der Waals surface area (Å²) in [6.07, 6.45) is 0.279. The van der Waals surface area contributed by atoms with Crippen molar-refractivity contribution in [3.63, 3.8) is 0 Å². The number of benzene rings is 2. The van der Waals surface area contributed by atoms with Crippen LogP contribution in [0.5, 0.6) is 0 Å². The van der Waals surface area contributed by atoms with Gasteiger partial charge in [0.15, 0.2) is 0 Å². The first-order valence-electron chi connectivity index (χ1n) is 7.22. The molecule has 0 aliphatic rings. The maximum atomic E-state index is 12.0. The Kier molecular flexibility index (Phi) is 5.73. The number of nitrogens with one attached hydrogen (secondary N) is 1. The number of nitrogens with zero attached hydrogens (tertiary/aromatic N) is 1. The summed E-state index contributed by atoms with van der Waals surface area (Å²) in [5.74, 6) is 0.0784. The van der Waals surface area contributed by atoms with E-state index in [-0.39, 0.29) is 18.2 Å². The molecular formula is C18H19ClN2O. The lowest BCUT2D eigenvalue weighted by Gasteiger charge is -2.10. The Morgan fingerprint density at radius 2 is 1.73 bits per heavy atom. The van der Waals surface area contributed by atoms with Gasteiger partial charge in [0.2, 0.25) is 5.91 Å². The van der Waals surface area contributed by atoms with Gasteiger partial charge in [-0.3, -0.25) is 4.79 Å². The van der Waals surface area contributed by atoms with Crippen LogP contribution in [0.3, 0.4) is 0 Å². The molecule has 0 radical (unpaired) electrons. The summed E-state index contributed by atoms with van der Waals surface area (Å²) in [6, 6.07) is 17.1. The van der Waals surface area contributed by atoms with E-state index in [1.165, 1.54) is 0 Å². The van der Waals surface area contributed by atoms with Crippen LogP contribution >= 0.6 is 11.6 Å². The summed E-state index contributed by atoms with van der Waals surface area (Å²) in [4.78, 5) is 12.0. The van der Waals surface area contributed by atoms with E-state index in [2.05, 4.69) is 24.4 Å². The second-order valence-electron chi connectivity index (χ2n) is 5.36. The Balaban J connectivity index is 2.04. The zero-order valence-corrected chi connectivity index (χ0v) is 13.5. The van der Waals surface area contributed by atoms with Gasteiger partial charge >= 0.3 is 0 Å². The third kappa shape index (κ3) is 4.71. The van der Waals surface area contributed by atoms with Gasteiger partial charge in [0.1, 0.15) is 0 Å². The van der Waals surface area contributed by atoms with Gasteiger partial charge in [0.05, 0.1) is 12.1 Å². The van der Waals surface area contributed by atoms with Crippen LogP contribution < -0.4 is 5.43 Å². The fourth-order valence-corrected chi connectivity index (χ4v) is 2.21. The van der Waals surface area contributed by atoms with Gasteiger partial charge in [0, 0.05) is 5.02 Å². The molecule has 0 fully saturated rings. The monoisotopic (exact) mass is 314 g/mol. The highest BCUT2D eigenvalue weighted by molar-refractivity contribution is 6.30. The third-order valence-corrected chi connectivity index (χ3v) is 3.45. The molecule has 114 valence electrons. The number of hydrogen-bond acceptors (Lipinski definition) is 2. The lowest BCUT2D eigenvalue weighted by atomic mass is 10.0. The highest BCUT2D eigenvalue weighted by Crippen LogP contribution is 2.11. The summed E-state index contributed by atoms with van der Waals surface area (Å²) >= 11 is 5.83. The molecule has 2 aromatic carbocycles. The molecule has 0 saturated carbocycles. The van der Waals surface area contributed by atoms with Crippen LogP contribution in [0.25, 0.3) is 0 Å². The second-order valence-corrected chi connectivity index (χ2v) is 5.79. The molecule has 2 rings (SSSR count). The lowest BCUT2D eigenvalue weighted by molar-refractivity contribution is -0.120. The predicted molar refractivity (Wildman–Crippen MR) is 91.1 cm³/mol. The molecule has 1 amide bonds. The predicted octanol–water partition coefficient (Wildman–Crippen LogP) is 4.06. The molecule has 4 heteroatoms. The number of carbonyl (C=O) groups excluding carboxylic acids is 1. The normalized spacial score (nSPS) is 11.5. The van der Waals surface area contributed by atoms with Gasteiger partial charge in [-0.15, -0.1) is 0 Å². The zero-order chi connectivity index (χ0) is 15.9. The molecule has 3 nitrogen and oxygen atoms in total. The van der Waals surface area contributed by atoms with E-state index in [1.54, 1.807) is 12.1 Å². The molecule has 0 aliphatic heterocycles. The average molecular weight is 315 g/mol. The van der Waals surface area contributed by atoms with Crippen molar-refractivity contribution >= 4 is 23.2 Å². The van der Waals surface area contributed by atoms with Crippen LogP contribution in [0.2, 0.25) is 5.02 Å². The molecule has 0 spiro atoms. The fourth-order valence-electron chi connectivity index (χ4n) is 2.09. The van der Waals surface area contributed by atoms with Crippen molar-refractivity contribution < 1.29 is 4.79 Å². The summed E-state index contributed by atoms with van der Waals surface area (Å²) in [7, 11) is 0. The minimum Gasteiger partial charge on any atom is -0.273 e. The molecule has 22 heavy (non-hydrogen) atoms. The molecule has 0 heterocycles. The molecule has 0 unspecified atom stereocenters. The smallest absolute Gasteiger partial charge is 0.244 e. The van der Waals surface area contributed by atoms with Crippen molar-refractivity contribution in [1.29, 1.82) is 0 Å². The van der Waals surface area contributed by atoms with Gasteiger partial charge < -0.3 is 0 Å². The fraction of sp³-hybridized carbons (Fsp3) is 0.222. The summed E-state index contributed by atoms with van der Waals surface area (Å²) in [6.45, 7) is 4.11. The molecule has 1 N–H and O–H groups in total. The number of halogens is 1. The van der Waals surface area contributed by atoms with Crippen LogP contribution in [0.4, 0.5) is 0 Å². The van der Waals surface area contributed by atoms with E-state index in [0.717, 1.165) is 16.8 Å². The SMILES string of the molecule is CC(C)/C(=N/NC(=O)Cc1ccc(Cl)cc1)c1ccccc1. The van der Waals surface area contributed by atoms with Crippen molar-refractivity contribution in [3.8, 4) is 0 Å². The lowest BCUT2D eigenvalue weighted by Crippen LogP contribution is -2.23. The van der Waals surface area contributed by atoms with Gasteiger partial charge in [-0.05, 0) is 29.2 Å². The van der Waals surface area contributed by atoms with Gasteiger partial charge in [-0.25, -0.2) is 5.43 Å². The van der Waals surface area contributed by atoms with Crippen LogP contribution in [-0.4, -0.2) is 11.6 Å². The summed E-state index contributed by atoms with van der Waals surface area (Å²) < 4.78 is 0. The number of hydrogen-bond donors (Lipinski definition) is 1. The molecule has 0 aliphatic carbocycles. The highest BCUT2D eigenvalue weighted by Gasteiger charge is 2.09. The topological polar surface area (TPSA) is 41.5 Å². The Bertz CT molecular complexity index is 649. The first-order valence-corrected chi connectivity index (χ1v) is 7.60. The number of rotatable bonds is 5. The quantitative estimate of drug-likeness (QED) is 0.656. The van der Waals surface area contributed by atoms with Gasteiger partial charge in [-0.1, -0.05) is 67.9 Å². The number of amides is 1. The molecule has 2 aromatic rings. The van der Waals surface area contributed by atoms with Crippen molar-refractivity contribution in [2.75, 3.05) is 0 Å². The van der Waals surface area contributed by atoms with E-state index in [0.29, 0.717) is 5.02 Å². The zero-order valence-electron chi connectivity index (χ0n) is 12.7. The van der Waals surface area contributed by atoms with E-state index in [1.807, 2.05) is 42.5 Å². The van der Waals surface area contributed by atoms with E-state index in [4.69, 9.17) is 11.6 Å². The number of carbonyl (C=O) groups is 1. The Hall–Kier alpha value is -2.13. The van der Waals surface area contributed by atoms with Gasteiger partial charge in [-0.2, -0.15) is 5.10 Å². The number of hydrazone groups is 1. The molecule has 0 atom stereocenters. The van der Waals surface area contributed by atoms with Crippen molar-refractivity contribution in [1.82, 2.24) is 5.43 Å². The van der Waals surface area contributed by atoms with Crippen LogP contribution in [0.1, 0.15) is 25.0 Å². The highest BCUT2D eigenvalue weighted by atomic mass is 35.5. The van der Waals surface area contributed by atoms with Crippen LogP contribution in [0.15, 0.2) is 59.7 Å². The van der Waals surface area contributed by atoms with Gasteiger partial charge in [0.25, 0.3) is 0 Å². The maximum Gasteiger partial charge on any atom is 0.244 e. The minimum atomic E-state index is -0.142. The van der Waals surface area contributed by atoms with Crippen molar-refractivity contribution in [2.24, 2.45) is 11.0 Å².